The van der Waals surface area contributed by atoms with Gasteiger partial charge in [0, 0.05) is 37.1 Å². The molecule has 0 aliphatic carbocycles. The molecule has 1 aromatic carbocycles. The molecule has 0 saturated heterocycles. The van der Waals surface area contributed by atoms with Gasteiger partial charge in [-0.2, -0.15) is 4.98 Å². The zero-order valence-electron chi connectivity index (χ0n) is 15.9. The van der Waals surface area contributed by atoms with Gasteiger partial charge in [0.05, 0.1) is 6.54 Å². The van der Waals surface area contributed by atoms with Crippen LogP contribution >= 0.6 is 11.6 Å². The number of imidazole rings is 1. The number of ether oxygens (including phenoxy) is 1. The molecular formula is C20H18ClN5O3. The van der Waals surface area contributed by atoms with Crippen molar-refractivity contribution in [3.63, 3.8) is 0 Å². The first kappa shape index (κ1) is 18.9. The van der Waals surface area contributed by atoms with Crippen LogP contribution in [0.4, 0.5) is 0 Å². The summed E-state index contributed by atoms with van der Waals surface area (Å²) in [7, 11) is 3.02. The van der Waals surface area contributed by atoms with Gasteiger partial charge in [-0.05, 0) is 23.8 Å². The molecule has 0 aliphatic heterocycles. The molecule has 0 bridgehead atoms. The highest BCUT2D eigenvalue weighted by atomic mass is 35.5. The maximum Gasteiger partial charge on any atom is 0.332 e. The highest BCUT2D eigenvalue weighted by Gasteiger charge is 2.20. The van der Waals surface area contributed by atoms with Crippen LogP contribution in [0.15, 0.2) is 58.4 Å². The fraction of sp³-hybridized carbons (Fsp3) is 0.200. The summed E-state index contributed by atoms with van der Waals surface area (Å²) in [6.45, 7) is 0.565. The largest absolute Gasteiger partial charge is 0.460 e. The van der Waals surface area contributed by atoms with Gasteiger partial charge in [0.2, 0.25) is 0 Å². The molecule has 9 heteroatoms. The van der Waals surface area contributed by atoms with E-state index in [1.807, 2.05) is 24.3 Å². The van der Waals surface area contributed by atoms with Gasteiger partial charge in [0.1, 0.15) is 6.61 Å². The lowest BCUT2D eigenvalue weighted by atomic mass is 10.2. The molecule has 148 valence electrons. The van der Waals surface area contributed by atoms with Gasteiger partial charge in [-0.1, -0.05) is 29.8 Å². The van der Waals surface area contributed by atoms with Gasteiger partial charge in [-0.3, -0.25) is 23.5 Å². The first-order valence-electron chi connectivity index (χ1n) is 8.88. The summed E-state index contributed by atoms with van der Waals surface area (Å²) < 4.78 is 10.00. The van der Waals surface area contributed by atoms with Crippen LogP contribution in [0.3, 0.4) is 0 Å². The van der Waals surface area contributed by atoms with Crippen molar-refractivity contribution < 1.29 is 4.74 Å². The summed E-state index contributed by atoms with van der Waals surface area (Å²) in [6.07, 6.45) is 3.37. The van der Waals surface area contributed by atoms with Gasteiger partial charge >= 0.3 is 5.69 Å². The standard InChI is InChI=1S/C20H18ClN5O3/c1-24-17-16(18(27)25(2)20(24)28)26(11-13-5-7-15(21)8-6-13)19(23-17)29-12-14-4-3-9-22-10-14/h3-10H,11-12H2,1-2H3. The van der Waals surface area contributed by atoms with Crippen molar-refractivity contribution in [1.29, 1.82) is 0 Å². The van der Waals surface area contributed by atoms with Gasteiger partial charge in [0.25, 0.3) is 11.6 Å². The topological polar surface area (TPSA) is 83.9 Å². The lowest BCUT2D eigenvalue weighted by Crippen LogP contribution is -2.37. The number of fused-ring (bicyclic) bond motifs is 1. The van der Waals surface area contributed by atoms with Crippen molar-refractivity contribution >= 4 is 22.8 Å². The SMILES string of the molecule is Cn1c(=O)c2c(nc(OCc3cccnc3)n2Cc2ccc(Cl)cc2)n(C)c1=O. The lowest BCUT2D eigenvalue weighted by molar-refractivity contribution is 0.270. The van der Waals surface area contributed by atoms with Crippen molar-refractivity contribution in [3.05, 3.63) is 85.8 Å². The molecule has 3 aromatic heterocycles. The Morgan fingerprint density at radius 3 is 2.48 bits per heavy atom. The molecule has 0 N–H and O–H groups in total. The third-order valence-corrected chi connectivity index (χ3v) is 4.91. The Bertz CT molecular complexity index is 1290. The van der Waals surface area contributed by atoms with E-state index in [9.17, 15) is 9.59 Å². The number of hydrogen-bond acceptors (Lipinski definition) is 5. The molecule has 0 unspecified atom stereocenters. The minimum Gasteiger partial charge on any atom is -0.460 e. The van der Waals surface area contributed by atoms with E-state index in [4.69, 9.17) is 16.3 Å². The van der Waals surface area contributed by atoms with Crippen molar-refractivity contribution in [2.75, 3.05) is 0 Å². The second-order valence-electron chi connectivity index (χ2n) is 6.63. The van der Waals surface area contributed by atoms with E-state index in [1.165, 1.54) is 11.6 Å². The maximum absolute atomic E-state index is 12.9. The van der Waals surface area contributed by atoms with E-state index in [1.54, 1.807) is 36.1 Å². The summed E-state index contributed by atoms with van der Waals surface area (Å²) in [6, 6.07) is 11.2. The highest BCUT2D eigenvalue weighted by molar-refractivity contribution is 6.30. The Labute approximate surface area is 170 Å². The monoisotopic (exact) mass is 411 g/mol. The van der Waals surface area contributed by atoms with Crippen LogP contribution in [-0.4, -0.2) is 23.7 Å². The second kappa shape index (κ2) is 7.56. The molecule has 29 heavy (non-hydrogen) atoms. The van der Waals surface area contributed by atoms with Crippen LogP contribution in [0.2, 0.25) is 5.02 Å². The smallest absolute Gasteiger partial charge is 0.332 e. The number of hydrogen-bond donors (Lipinski definition) is 0. The number of rotatable bonds is 5. The first-order valence-corrected chi connectivity index (χ1v) is 9.26. The Morgan fingerprint density at radius 1 is 1.03 bits per heavy atom. The molecule has 0 spiro atoms. The molecule has 8 nitrogen and oxygen atoms in total. The highest BCUT2D eigenvalue weighted by Crippen LogP contribution is 2.21. The first-order chi connectivity index (χ1) is 14.0. The maximum atomic E-state index is 12.9. The molecule has 0 radical (unpaired) electrons. The number of aryl methyl sites for hydroxylation is 1. The minimum absolute atomic E-state index is 0.228. The van der Waals surface area contributed by atoms with Crippen LogP contribution in [0.25, 0.3) is 11.2 Å². The number of nitrogens with zero attached hydrogens (tertiary/aromatic N) is 5. The molecule has 3 heterocycles. The van der Waals surface area contributed by atoms with E-state index < -0.39 is 11.2 Å². The fourth-order valence-corrected chi connectivity index (χ4v) is 3.21. The summed E-state index contributed by atoms with van der Waals surface area (Å²) in [5.74, 6) is 0. The van der Waals surface area contributed by atoms with Crippen LogP contribution in [0.1, 0.15) is 11.1 Å². The molecule has 0 fully saturated rings. The van der Waals surface area contributed by atoms with Gasteiger partial charge in [0.15, 0.2) is 11.2 Å². The van der Waals surface area contributed by atoms with Crippen LogP contribution in [-0.2, 0) is 27.2 Å². The van der Waals surface area contributed by atoms with E-state index in [2.05, 4.69) is 9.97 Å². The van der Waals surface area contributed by atoms with Crippen LogP contribution in [0.5, 0.6) is 6.01 Å². The third kappa shape index (κ3) is 3.54. The normalized spacial score (nSPS) is 11.1. The van der Waals surface area contributed by atoms with Gasteiger partial charge < -0.3 is 4.74 Å². The predicted molar refractivity (Wildman–Crippen MR) is 109 cm³/mol. The zero-order valence-corrected chi connectivity index (χ0v) is 16.6. The molecule has 0 amide bonds. The summed E-state index contributed by atoms with van der Waals surface area (Å²) in [4.78, 5) is 33.7. The Balaban J connectivity index is 1.85. The van der Waals surface area contributed by atoms with Gasteiger partial charge in [-0.25, -0.2) is 4.79 Å². The van der Waals surface area contributed by atoms with Crippen molar-refractivity contribution in [2.45, 2.75) is 13.2 Å². The third-order valence-electron chi connectivity index (χ3n) is 4.66. The Morgan fingerprint density at radius 2 is 1.79 bits per heavy atom. The zero-order chi connectivity index (χ0) is 20.5. The number of aromatic nitrogens is 5. The van der Waals surface area contributed by atoms with E-state index in [-0.39, 0.29) is 18.3 Å². The molecule has 4 aromatic rings. The van der Waals surface area contributed by atoms with Gasteiger partial charge in [-0.15, -0.1) is 0 Å². The Kier molecular flexibility index (Phi) is 4.94. The summed E-state index contributed by atoms with van der Waals surface area (Å²) in [5.41, 5.74) is 1.47. The minimum atomic E-state index is -0.447. The second-order valence-corrected chi connectivity index (χ2v) is 7.07. The Hall–Kier alpha value is -3.39. The molecule has 0 saturated carbocycles. The van der Waals surface area contributed by atoms with E-state index >= 15 is 0 Å². The predicted octanol–water partition coefficient (Wildman–Crippen LogP) is 2.11. The van der Waals surface area contributed by atoms with E-state index in [0.717, 1.165) is 15.7 Å². The molecule has 0 atom stereocenters. The fourth-order valence-electron chi connectivity index (χ4n) is 3.09. The number of benzene rings is 1. The van der Waals surface area contributed by atoms with Crippen molar-refractivity contribution in [1.82, 2.24) is 23.7 Å². The molecular weight excluding hydrogens is 394 g/mol. The van der Waals surface area contributed by atoms with Crippen LogP contribution in [0, 0.1) is 0 Å². The quantitative estimate of drug-likeness (QED) is 0.502. The molecule has 4 rings (SSSR count). The van der Waals surface area contributed by atoms with Crippen molar-refractivity contribution in [3.8, 4) is 6.01 Å². The number of halogens is 1. The number of pyridine rings is 1. The van der Waals surface area contributed by atoms with Crippen LogP contribution < -0.4 is 16.0 Å². The lowest BCUT2D eigenvalue weighted by Gasteiger charge is -2.10. The average molecular weight is 412 g/mol. The average Bonchev–Trinajstić information content (AvgIpc) is 3.10. The van der Waals surface area contributed by atoms with E-state index in [0.29, 0.717) is 17.1 Å². The molecule has 0 aliphatic rings. The summed E-state index contributed by atoms with van der Waals surface area (Å²) >= 11 is 5.98. The summed E-state index contributed by atoms with van der Waals surface area (Å²) in [5, 5.41) is 0.621. The van der Waals surface area contributed by atoms with Crippen molar-refractivity contribution in [2.24, 2.45) is 14.1 Å².